The molecule has 2 atom stereocenters. The van der Waals surface area contributed by atoms with Gasteiger partial charge in [0.2, 0.25) is 0 Å². The molecule has 0 saturated carbocycles. The van der Waals surface area contributed by atoms with E-state index in [1.165, 1.54) is 0 Å². The average molecular weight is 303 g/mol. The maximum Gasteiger partial charge on any atom is 0.282 e. The van der Waals surface area contributed by atoms with Crippen LogP contribution in [-0.4, -0.2) is 49.2 Å². The van der Waals surface area contributed by atoms with E-state index in [1.807, 2.05) is 0 Å². The highest BCUT2D eigenvalue weighted by Gasteiger charge is 2.36. The molecule has 2 aliphatic rings. The lowest BCUT2D eigenvalue weighted by molar-refractivity contribution is 0.232. The van der Waals surface area contributed by atoms with Gasteiger partial charge in [-0.1, -0.05) is 19.8 Å². The summed E-state index contributed by atoms with van der Waals surface area (Å²) in [6.45, 7) is 4.63. The molecular formula is C14H29N3O2S. The number of piperidine rings is 1. The first kappa shape index (κ1) is 16.2. The van der Waals surface area contributed by atoms with Crippen molar-refractivity contribution >= 4 is 10.2 Å². The van der Waals surface area contributed by atoms with Crippen LogP contribution in [-0.2, 0) is 10.2 Å². The molecule has 118 valence electrons. The fourth-order valence-electron chi connectivity index (χ4n) is 3.44. The Labute approximate surface area is 123 Å². The van der Waals surface area contributed by atoms with Crippen LogP contribution in [0, 0.1) is 5.92 Å². The van der Waals surface area contributed by atoms with Crippen molar-refractivity contribution in [2.45, 2.75) is 57.9 Å². The Morgan fingerprint density at radius 2 is 1.90 bits per heavy atom. The number of hydrogen-bond acceptors (Lipinski definition) is 3. The largest absolute Gasteiger partial charge is 0.330 e. The zero-order chi connectivity index (χ0) is 14.6. The molecule has 2 aliphatic heterocycles. The van der Waals surface area contributed by atoms with Crippen molar-refractivity contribution in [2.24, 2.45) is 11.7 Å². The van der Waals surface area contributed by atoms with Gasteiger partial charge in [-0.2, -0.15) is 17.0 Å². The van der Waals surface area contributed by atoms with Crippen LogP contribution < -0.4 is 5.73 Å². The summed E-state index contributed by atoms with van der Waals surface area (Å²) >= 11 is 0. The molecule has 2 heterocycles. The second-order valence-electron chi connectivity index (χ2n) is 6.13. The molecule has 2 fully saturated rings. The molecule has 0 aromatic heterocycles. The molecule has 20 heavy (non-hydrogen) atoms. The van der Waals surface area contributed by atoms with Gasteiger partial charge in [-0.05, 0) is 44.6 Å². The predicted octanol–water partition coefficient (Wildman–Crippen LogP) is 1.56. The molecule has 0 bridgehead atoms. The Bertz CT molecular complexity index is 399. The van der Waals surface area contributed by atoms with Gasteiger partial charge < -0.3 is 5.73 Å². The maximum absolute atomic E-state index is 12.9. The second kappa shape index (κ2) is 7.20. The van der Waals surface area contributed by atoms with E-state index in [9.17, 15) is 8.42 Å². The fraction of sp³-hybridized carbons (Fsp3) is 1.00. The van der Waals surface area contributed by atoms with Gasteiger partial charge in [-0.25, -0.2) is 0 Å². The zero-order valence-electron chi connectivity index (χ0n) is 12.6. The molecule has 0 radical (unpaired) electrons. The van der Waals surface area contributed by atoms with Crippen LogP contribution in [0.2, 0.25) is 0 Å². The normalized spacial score (nSPS) is 31.1. The maximum atomic E-state index is 12.9. The molecule has 2 rings (SSSR count). The third kappa shape index (κ3) is 3.53. The van der Waals surface area contributed by atoms with Crippen molar-refractivity contribution in [2.75, 3.05) is 26.2 Å². The minimum atomic E-state index is -3.30. The van der Waals surface area contributed by atoms with Gasteiger partial charge in [-0.3, -0.25) is 0 Å². The molecular weight excluding hydrogens is 274 g/mol. The summed E-state index contributed by atoms with van der Waals surface area (Å²) in [7, 11) is -3.30. The van der Waals surface area contributed by atoms with Gasteiger partial charge in [0, 0.05) is 25.7 Å². The SMILES string of the molecule is CCC1CCCCCN1S(=O)(=O)N1CCCC(CN)C1. The van der Waals surface area contributed by atoms with Crippen molar-refractivity contribution in [3.05, 3.63) is 0 Å². The van der Waals surface area contributed by atoms with Gasteiger partial charge >= 0.3 is 0 Å². The third-order valence-electron chi connectivity index (χ3n) is 4.73. The first-order valence-electron chi connectivity index (χ1n) is 8.06. The van der Waals surface area contributed by atoms with Gasteiger partial charge in [-0.15, -0.1) is 0 Å². The topological polar surface area (TPSA) is 66.6 Å². The van der Waals surface area contributed by atoms with Crippen LogP contribution in [0.4, 0.5) is 0 Å². The summed E-state index contributed by atoms with van der Waals surface area (Å²) in [5.74, 6) is 0.325. The van der Waals surface area contributed by atoms with E-state index in [2.05, 4.69) is 6.92 Å². The van der Waals surface area contributed by atoms with Gasteiger partial charge in [0.15, 0.2) is 0 Å². The molecule has 0 spiro atoms. The van der Waals surface area contributed by atoms with E-state index < -0.39 is 10.2 Å². The number of nitrogens with zero attached hydrogens (tertiary/aromatic N) is 2. The van der Waals surface area contributed by atoms with Crippen LogP contribution in [0.1, 0.15) is 51.9 Å². The number of nitrogens with two attached hydrogens (primary N) is 1. The molecule has 0 aromatic carbocycles. The van der Waals surface area contributed by atoms with Gasteiger partial charge in [0.05, 0.1) is 0 Å². The van der Waals surface area contributed by atoms with E-state index in [4.69, 9.17) is 5.73 Å². The highest BCUT2D eigenvalue weighted by Crippen LogP contribution is 2.27. The Morgan fingerprint density at radius 1 is 1.10 bits per heavy atom. The van der Waals surface area contributed by atoms with Gasteiger partial charge in [0.1, 0.15) is 0 Å². The first-order chi connectivity index (χ1) is 9.59. The van der Waals surface area contributed by atoms with E-state index in [0.717, 1.165) is 44.9 Å². The fourth-order valence-corrected chi connectivity index (χ4v) is 5.49. The monoisotopic (exact) mass is 303 g/mol. The standard InChI is InChI=1S/C14H29N3O2S/c1-2-14-8-4-3-5-10-17(14)20(18,19)16-9-6-7-13(11-15)12-16/h13-14H,2-12,15H2,1H3. The van der Waals surface area contributed by atoms with Crippen molar-refractivity contribution in [3.63, 3.8) is 0 Å². The first-order valence-corrected chi connectivity index (χ1v) is 9.46. The highest BCUT2D eigenvalue weighted by molar-refractivity contribution is 7.86. The molecule has 6 heteroatoms. The quantitative estimate of drug-likeness (QED) is 0.857. The van der Waals surface area contributed by atoms with Crippen LogP contribution in [0.3, 0.4) is 0 Å². The van der Waals surface area contributed by atoms with Crippen LogP contribution >= 0.6 is 0 Å². The molecule has 0 aromatic rings. The summed E-state index contributed by atoms with van der Waals surface area (Å²) in [5.41, 5.74) is 5.73. The Kier molecular flexibility index (Phi) is 5.84. The molecule has 5 nitrogen and oxygen atoms in total. The molecule has 0 amide bonds. The lowest BCUT2D eigenvalue weighted by Gasteiger charge is -2.37. The Balaban J connectivity index is 2.14. The van der Waals surface area contributed by atoms with Crippen molar-refractivity contribution in [3.8, 4) is 0 Å². The van der Waals surface area contributed by atoms with Crippen molar-refractivity contribution < 1.29 is 8.42 Å². The summed E-state index contributed by atoms with van der Waals surface area (Å²) in [6.07, 6.45) is 7.19. The smallest absolute Gasteiger partial charge is 0.282 e. The molecule has 2 saturated heterocycles. The van der Waals surface area contributed by atoms with Crippen molar-refractivity contribution in [1.29, 1.82) is 0 Å². The Morgan fingerprint density at radius 3 is 2.60 bits per heavy atom. The van der Waals surface area contributed by atoms with E-state index >= 15 is 0 Å². The second-order valence-corrected chi connectivity index (χ2v) is 8.01. The summed E-state index contributed by atoms with van der Waals surface area (Å²) in [6, 6.07) is 0.181. The number of rotatable bonds is 4. The zero-order valence-corrected chi connectivity index (χ0v) is 13.4. The Hall–Kier alpha value is -0.170. The average Bonchev–Trinajstić information content (AvgIpc) is 2.72. The summed E-state index contributed by atoms with van der Waals surface area (Å²) in [4.78, 5) is 0. The minimum Gasteiger partial charge on any atom is -0.330 e. The summed E-state index contributed by atoms with van der Waals surface area (Å²) in [5, 5.41) is 0. The van der Waals surface area contributed by atoms with Crippen LogP contribution in [0.15, 0.2) is 0 Å². The minimum absolute atomic E-state index is 0.181. The van der Waals surface area contributed by atoms with Crippen LogP contribution in [0.25, 0.3) is 0 Å². The lowest BCUT2D eigenvalue weighted by Crippen LogP contribution is -2.51. The molecule has 2 N–H and O–H groups in total. The summed E-state index contributed by atoms with van der Waals surface area (Å²) < 4.78 is 29.3. The van der Waals surface area contributed by atoms with E-state index in [1.54, 1.807) is 8.61 Å². The highest BCUT2D eigenvalue weighted by atomic mass is 32.2. The number of hydrogen-bond donors (Lipinski definition) is 1. The van der Waals surface area contributed by atoms with E-state index in [0.29, 0.717) is 32.1 Å². The molecule has 2 unspecified atom stereocenters. The predicted molar refractivity (Wildman–Crippen MR) is 81.5 cm³/mol. The lowest BCUT2D eigenvalue weighted by atomic mass is 10.0. The van der Waals surface area contributed by atoms with E-state index in [-0.39, 0.29) is 6.04 Å². The molecule has 0 aliphatic carbocycles. The van der Waals surface area contributed by atoms with Crippen LogP contribution in [0.5, 0.6) is 0 Å². The third-order valence-corrected chi connectivity index (χ3v) is 6.79. The van der Waals surface area contributed by atoms with Crippen molar-refractivity contribution in [1.82, 2.24) is 8.61 Å². The van der Waals surface area contributed by atoms with Gasteiger partial charge in [0.25, 0.3) is 10.2 Å².